The highest BCUT2D eigenvalue weighted by molar-refractivity contribution is 9.10. The molecule has 24 heavy (non-hydrogen) atoms. The molecule has 0 fully saturated rings. The third-order valence-corrected chi connectivity index (χ3v) is 4.42. The van der Waals surface area contributed by atoms with E-state index in [4.69, 9.17) is 5.73 Å². The smallest absolute Gasteiger partial charge is 0.250 e. The number of aryl methyl sites for hydroxylation is 1. The largest absolute Gasteiger partial charge is 0.380 e. The number of amides is 1. The lowest BCUT2D eigenvalue weighted by atomic mass is 10.1. The second-order valence-corrected chi connectivity index (χ2v) is 6.53. The van der Waals surface area contributed by atoms with E-state index in [2.05, 4.69) is 38.4 Å². The number of carbonyl (C=O) groups excluding carboxylic acids is 1. The van der Waals surface area contributed by atoms with Crippen molar-refractivity contribution in [1.29, 1.82) is 0 Å². The molecule has 0 spiro atoms. The predicted octanol–water partition coefficient (Wildman–Crippen LogP) is 4.46. The van der Waals surface area contributed by atoms with Gasteiger partial charge in [-0.3, -0.25) is 4.79 Å². The number of rotatable bonds is 5. The molecule has 1 heterocycles. The van der Waals surface area contributed by atoms with Gasteiger partial charge < -0.3 is 16.0 Å². The van der Waals surface area contributed by atoms with Crippen LogP contribution >= 0.6 is 15.9 Å². The first-order chi connectivity index (χ1) is 11.5. The lowest BCUT2D eigenvalue weighted by Crippen LogP contribution is -2.10. The number of nitrogens with one attached hydrogen (secondary N) is 2. The maximum absolute atomic E-state index is 11.5. The van der Waals surface area contributed by atoms with Crippen LogP contribution in [0.15, 0.2) is 59.1 Å². The molecule has 3 aromatic rings. The fourth-order valence-electron chi connectivity index (χ4n) is 2.63. The van der Waals surface area contributed by atoms with Gasteiger partial charge in [0.1, 0.15) is 0 Å². The Hall–Kier alpha value is -2.53. The topological polar surface area (TPSA) is 70.9 Å². The second-order valence-electron chi connectivity index (χ2n) is 5.61. The summed E-state index contributed by atoms with van der Waals surface area (Å²) in [6, 6.07) is 18.0. The van der Waals surface area contributed by atoms with E-state index < -0.39 is 5.91 Å². The fraction of sp³-hybridized carbons (Fsp3) is 0.105. The van der Waals surface area contributed by atoms with Gasteiger partial charge in [0, 0.05) is 33.7 Å². The van der Waals surface area contributed by atoms with Crippen LogP contribution in [-0.4, -0.2) is 10.9 Å². The normalized spacial score (nSPS) is 10.6. The molecular weight excluding hydrogens is 366 g/mol. The number of carbonyl (C=O) groups is 1. The monoisotopic (exact) mass is 383 g/mol. The number of aromatic amines is 1. The Balaban J connectivity index is 1.86. The Morgan fingerprint density at radius 1 is 1.17 bits per heavy atom. The third-order valence-electron chi connectivity index (χ3n) is 3.89. The lowest BCUT2D eigenvalue weighted by molar-refractivity contribution is 0.1000. The zero-order valence-electron chi connectivity index (χ0n) is 13.3. The van der Waals surface area contributed by atoms with Gasteiger partial charge in [-0.1, -0.05) is 46.3 Å². The van der Waals surface area contributed by atoms with Crippen LogP contribution in [0.2, 0.25) is 0 Å². The van der Waals surface area contributed by atoms with Gasteiger partial charge in [0.2, 0.25) is 0 Å². The minimum atomic E-state index is -0.421. The average Bonchev–Trinajstić information content (AvgIpc) is 2.96. The van der Waals surface area contributed by atoms with Crippen LogP contribution < -0.4 is 11.1 Å². The molecule has 1 amide bonds. The summed E-state index contributed by atoms with van der Waals surface area (Å²) in [5.74, 6) is -0.421. The molecular formula is C19H18BrN3O. The zero-order chi connectivity index (χ0) is 17.1. The van der Waals surface area contributed by atoms with Crippen molar-refractivity contribution < 1.29 is 4.79 Å². The van der Waals surface area contributed by atoms with E-state index in [0.717, 1.165) is 27.1 Å². The maximum atomic E-state index is 11.5. The molecule has 0 bridgehead atoms. The summed E-state index contributed by atoms with van der Waals surface area (Å²) >= 11 is 3.44. The number of hydrogen-bond acceptors (Lipinski definition) is 2. The van der Waals surface area contributed by atoms with Gasteiger partial charge in [0.05, 0.1) is 5.56 Å². The number of primary amides is 1. The van der Waals surface area contributed by atoms with Crippen LogP contribution in [0.1, 0.15) is 21.6 Å². The minimum Gasteiger partial charge on any atom is -0.380 e. The predicted molar refractivity (Wildman–Crippen MR) is 101 cm³/mol. The van der Waals surface area contributed by atoms with E-state index >= 15 is 0 Å². The molecule has 3 rings (SSSR count). The van der Waals surface area contributed by atoms with Crippen molar-refractivity contribution in [3.05, 3.63) is 75.9 Å². The average molecular weight is 384 g/mol. The number of anilines is 1. The van der Waals surface area contributed by atoms with E-state index in [1.807, 2.05) is 43.3 Å². The number of aromatic nitrogens is 1. The summed E-state index contributed by atoms with van der Waals surface area (Å²) in [7, 11) is 0. The molecule has 0 saturated carbocycles. The van der Waals surface area contributed by atoms with Gasteiger partial charge in [-0.2, -0.15) is 0 Å². The van der Waals surface area contributed by atoms with E-state index in [-0.39, 0.29) is 0 Å². The Labute approximate surface area is 149 Å². The van der Waals surface area contributed by atoms with E-state index in [1.165, 1.54) is 5.56 Å². The van der Waals surface area contributed by atoms with Crippen LogP contribution in [0, 0.1) is 6.92 Å². The van der Waals surface area contributed by atoms with Crippen LogP contribution in [0.4, 0.5) is 5.69 Å². The molecule has 0 atom stereocenters. The number of H-pyrrole nitrogens is 1. The van der Waals surface area contributed by atoms with E-state index in [0.29, 0.717) is 12.1 Å². The molecule has 0 unspecified atom stereocenters. The lowest BCUT2D eigenvalue weighted by Gasteiger charge is -2.11. The van der Waals surface area contributed by atoms with Gasteiger partial charge in [-0.05, 0) is 36.8 Å². The molecule has 0 aliphatic carbocycles. The first kappa shape index (κ1) is 16.3. The fourth-order valence-corrected chi connectivity index (χ4v) is 2.90. The summed E-state index contributed by atoms with van der Waals surface area (Å²) in [6.45, 7) is 2.56. The molecule has 0 radical (unpaired) electrons. The van der Waals surface area contributed by atoms with Crippen molar-refractivity contribution in [3.8, 4) is 11.3 Å². The van der Waals surface area contributed by atoms with Crippen LogP contribution in [-0.2, 0) is 6.54 Å². The molecule has 1 aromatic heterocycles. The SMILES string of the molecule is Cc1[nH]c(-c2ccccc2NCc2ccc(Br)cc2)cc1C(N)=O. The van der Waals surface area contributed by atoms with Crippen LogP contribution in [0.25, 0.3) is 11.3 Å². The summed E-state index contributed by atoms with van der Waals surface area (Å²) in [5, 5.41) is 3.45. The second kappa shape index (κ2) is 6.93. The van der Waals surface area contributed by atoms with E-state index in [9.17, 15) is 4.79 Å². The van der Waals surface area contributed by atoms with Gasteiger partial charge in [-0.25, -0.2) is 0 Å². The van der Waals surface area contributed by atoms with Gasteiger partial charge in [0.25, 0.3) is 5.91 Å². The van der Waals surface area contributed by atoms with Crippen molar-refractivity contribution in [2.24, 2.45) is 5.73 Å². The Bertz CT molecular complexity index is 869. The Morgan fingerprint density at radius 2 is 1.88 bits per heavy atom. The van der Waals surface area contributed by atoms with Crippen LogP contribution in [0.5, 0.6) is 0 Å². The maximum Gasteiger partial charge on any atom is 0.250 e. The van der Waals surface area contributed by atoms with Gasteiger partial charge in [0.15, 0.2) is 0 Å². The Morgan fingerprint density at radius 3 is 2.54 bits per heavy atom. The summed E-state index contributed by atoms with van der Waals surface area (Å²) in [6.07, 6.45) is 0. The molecule has 4 N–H and O–H groups in total. The number of para-hydroxylation sites is 1. The number of nitrogens with two attached hydrogens (primary N) is 1. The summed E-state index contributed by atoms with van der Waals surface area (Å²) in [5.41, 5.74) is 10.8. The first-order valence-corrected chi connectivity index (χ1v) is 8.41. The highest BCUT2D eigenvalue weighted by Gasteiger charge is 2.13. The van der Waals surface area contributed by atoms with Crippen molar-refractivity contribution in [1.82, 2.24) is 4.98 Å². The molecule has 122 valence electrons. The molecule has 0 aliphatic rings. The summed E-state index contributed by atoms with van der Waals surface area (Å²) < 4.78 is 1.06. The van der Waals surface area contributed by atoms with Crippen molar-refractivity contribution >= 4 is 27.5 Å². The first-order valence-electron chi connectivity index (χ1n) is 7.61. The molecule has 4 nitrogen and oxygen atoms in total. The highest BCUT2D eigenvalue weighted by Crippen LogP contribution is 2.29. The van der Waals surface area contributed by atoms with Gasteiger partial charge >= 0.3 is 0 Å². The molecule has 0 aliphatic heterocycles. The quantitative estimate of drug-likeness (QED) is 0.608. The molecule has 5 heteroatoms. The highest BCUT2D eigenvalue weighted by atomic mass is 79.9. The minimum absolute atomic E-state index is 0.421. The zero-order valence-corrected chi connectivity index (χ0v) is 14.9. The summed E-state index contributed by atoms with van der Waals surface area (Å²) in [4.78, 5) is 14.7. The van der Waals surface area contributed by atoms with Crippen molar-refractivity contribution in [2.45, 2.75) is 13.5 Å². The number of halogens is 1. The van der Waals surface area contributed by atoms with Gasteiger partial charge in [-0.15, -0.1) is 0 Å². The number of hydrogen-bond donors (Lipinski definition) is 3. The molecule has 2 aromatic carbocycles. The van der Waals surface area contributed by atoms with E-state index in [1.54, 1.807) is 6.07 Å². The number of benzene rings is 2. The van der Waals surface area contributed by atoms with Crippen molar-refractivity contribution in [3.63, 3.8) is 0 Å². The Kier molecular flexibility index (Phi) is 4.71. The van der Waals surface area contributed by atoms with Crippen LogP contribution in [0.3, 0.4) is 0 Å². The van der Waals surface area contributed by atoms with Crippen molar-refractivity contribution in [2.75, 3.05) is 5.32 Å². The standard InChI is InChI=1S/C19H18BrN3O/c1-12-16(19(21)24)10-18(23-12)15-4-2-3-5-17(15)22-11-13-6-8-14(20)9-7-13/h2-10,22-23H,11H2,1H3,(H2,21,24). The molecule has 0 saturated heterocycles. The third kappa shape index (κ3) is 3.51.